The summed E-state index contributed by atoms with van der Waals surface area (Å²) in [5.74, 6) is -1.02. The predicted octanol–water partition coefficient (Wildman–Crippen LogP) is 1.65. The number of hydrogen-bond donors (Lipinski definition) is 2. The van der Waals surface area contributed by atoms with Gasteiger partial charge in [0.05, 0.1) is 5.41 Å². The molecule has 16 heavy (non-hydrogen) atoms. The molecule has 1 rings (SSSR count). The van der Waals surface area contributed by atoms with Crippen molar-refractivity contribution in [2.75, 3.05) is 6.54 Å². The van der Waals surface area contributed by atoms with E-state index in [0.29, 0.717) is 19.4 Å². The van der Waals surface area contributed by atoms with Crippen molar-refractivity contribution in [2.24, 2.45) is 16.7 Å². The molecule has 2 atom stereocenters. The van der Waals surface area contributed by atoms with Crippen LogP contribution in [0.5, 0.6) is 0 Å². The molecule has 0 spiro atoms. The van der Waals surface area contributed by atoms with Crippen LogP contribution in [0.4, 0.5) is 0 Å². The summed E-state index contributed by atoms with van der Waals surface area (Å²) < 4.78 is 0. The van der Waals surface area contributed by atoms with E-state index >= 15 is 0 Å². The molecule has 0 aromatic heterocycles. The summed E-state index contributed by atoms with van der Waals surface area (Å²) in [6.07, 6.45) is 1.22. The summed E-state index contributed by atoms with van der Waals surface area (Å²) in [5.41, 5.74) is -1.30. The van der Waals surface area contributed by atoms with Gasteiger partial charge in [0, 0.05) is 12.5 Å². The Balaban J connectivity index is 2.96. The van der Waals surface area contributed by atoms with Crippen LogP contribution in [0.3, 0.4) is 0 Å². The fraction of sp³-hybridized carbons (Fsp3) is 0.833. The highest BCUT2D eigenvalue weighted by atomic mass is 16.4. The molecule has 1 aliphatic rings. The Morgan fingerprint density at radius 3 is 2.31 bits per heavy atom. The van der Waals surface area contributed by atoms with Crippen LogP contribution in [0.1, 0.15) is 40.5 Å². The molecule has 1 saturated carbocycles. The lowest BCUT2D eigenvalue weighted by Gasteiger charge is -2.37. The summed E-state index contributed by atoms with van der Waals surface area (Å²) in [5, 5.41) is 12.1. The van der Waals surface area contributed by atoms with Crippen LogP contribution in [-0.2, 0) is 9.59 Å². The number of nitrogens with one attached hydrogen (secondary N) is 1. The third-order valence-corrected chi connectivity index (χ3v) is 4.37. The van der Waals surface area contributed by atoms with Gasteiger partial charge in [-0.25, -0.2) is 0 Å². The molecule has 0 heterocycles. The van der Waals surface area contributed by atoms with Crippen molar-refractivity contribution in [1.82, 2.24) is 5.32 Å². The highest BCUT2D eigenvalue weighted by Crippen LogP contribution is 2.56. The van der Waals surface area contributed by atoms with Gasteiger partial charge in [-0.3, -0.25) is 9.59 Å². The molecule has 0 unspecified atom stereocenters. The van der Waals surface area contributed by atoms with Gasteiger partial charge in [0.15, 0.2) is 0 Å². The fourth-order valence-corrected chi connectivity index (χ4v) is 2.64. The first-order chi connectivity index (χ1) is 7.27. The maximum Gasteiger partial charge on any atom is 0.309 e. The largest absolute Gasteiger partial charge is 0.481 e. The minimum atomic E-state index is -0.803. The highest BCUT2D eigenvalue weighted by molar-refractivity contribution is 5.83. The van der Waals surface area contributed by atoms with Gasteiger partial charge in [-0.2, -0.15) is 0 Å². The predicted molar refractivity (Wildman–Crippen MR) is 60.9 cm³/mol. The molecule has 0 saturated heterocycles. The number of rotatable bonds is 3. The minimum absolute atomic E-state index is 0.0162. The lowest BCUT2D eigenvalue weighted by Crippen LogP contribution is -2.45. The van der Waals surface area contributed by atoms with Crippen LogP contribution in [0.2, 0.25) is 0 Å². The first-order valence-electron chi connectivity index (χ1n) is 5.78. The zero-order valence-corrected chi connectivity index (χ0v) is 10.5. The van der Waals surface area contributed by atoms with E-state index < -0.39 is 16.8 Å². The van der Waals surface area contributed by atoms with E-state index in [1.165, 1.54) is 0 Å². The first-order valence-corrected chi connectivity index (χ1v) is 5.78. The molecule has 92 valence electrons. The molecular formula is C12H21NO3. The molecule has 1 aliphatic carbocycles. The van der Waals surface area contributed by atoms with E-state index in [4.69, 9.17) is 0 Å². The SMILES string of the molecule is CCNC(=O)[C@@H]1CC[C@@](C)(C(=O)O)C1(C)C. The molecule has 1 fully saturated rings. The van der Waals surface area contributed by atoms with Crippen molar-refractivity contribution in [3.63, 3.8) is 0 Å². The van der Waals surface area contributed by atoms with Crippen LogP contribution in [-0.4, -0.2) is 23.5 Å². The lowest BCUT2D eigenvalue weighted by molar-refractivity contribution is -0.155. The van der Waals surface area contributed by atoms with Crippen molar-refractivity contribution in [3.05, 3.63) is 0 Å². The quantitative estimate of drug-likeness (QED) is 0.770. The molecule has 2 N–H and O–H groups in total. The number of hydrogen-bond acceptors (Lipinski definition) is 2. The van der Waals surface area contributed by atoms with Crippen molar-refractivity contribution in [1.29, 1.82) is 0 Å². The van der Waals surface area contributed by atoms with Crippen molar-refractivity contribution in [2.45, 2.75) is 40.5 Å². The summed E-state index contributed by atoms with van der Waals surface area (Å²) in [7, 11) is 0. The summed E-state index contributed by atoms with van der Waals surface area (Å²) in [4.78, 5) is 23.2. The van der Waals surface area contributed by atoms with E-state index in [1.54, 1.807) is 6.92 Å². The summed E-state index contributed by atoms with van der Waals surface area (Å²) in [6, 6.07) is 0. The number of amides is 1. The van der Waals surface area contributed by atoms with Crippen molar-refractivity contribution < 1.29 is 14.7 Å². The van der Waals surface area contributed by atoms with Crippen LogP contribution in [0.25, 0.3) is 0 Å². The molecule has 1 amide bonds. The molecule has 0 aliphatic heterocycles. The maximum atomic E-state index is 11.9. The normalized spacial score (nSPS) is 32.4. The van der Waals surface area contributed by atoms with E-state index in [-0.39, 0.29) is 11.8 Å². The number of carbonyl (C=O) groups is 2. The lowest BCUT2D eigenvalue weighted by atomic mass is 9.65. The Hall–Kier alpha value is -1.06. The third kappa shape index (κ3) is 1.70. The molecule has 0 bridgehead atoms. The van der Waals surface area contributed by atoms with Crippen LogP contribution >= 0.6 is 0 Å². The molecular weight excluding hydrogens is 206 g/mol. The minimum Gasteiger partial charge on any atom is -0.481 e. The van der Waals surface area contributed by atoms with Gasteiger partial charge < -0.3 is 10.4 Å². The highest BCUT2D eigenvalue weighted by Gasteiger charge is 2.58. The number of carboxylic acid groups (broad SMARTS) is 1. The fourth-order valence-electron chi connectivity index (χ4n) is 2.64. The summed E-state index contributed by atoms with van der Waals surface area (Å²) >= 11 is 0. The van der Waals surface area contributed by atoms with Gasteiger partial charge in [-0.15, -0.1) is 0 Å². The van der Waals surface area contributed by atoms with Crippen molar-refractivity contribution >= 4 is 11.9 Å². The average Bonchev–Trinajstić information content (AvgIpc) is 2.40. The van der Waals surface area contributed by atoms with E-state index in [9.17, 15) is 14.7 Å². The average molecular weight is 227 g/mol. The molecule has 0 aromatic carbocycles. The Kier molecular flexibility index (Phi) is 3.31. The molecule has 4 nitrogen and oxygen atoms in total. The zero-order valence-electron chi connectivity index (χ0n) is 10.5. The number of carboxylic acids is 1. The summed E-state index contributed by atoms with van der Waals surface area (Å²) in [6.45, 7) is 7.97. The van der Waals surface area contributed by atoms with E-state index in [2.05, 4.69) is 5.32 Å². The van der Waals surface area contributed by atoms with E-state index in [0.717, 1.165) is 0 Å². The number of carbonyl (C=O) groups excluding carboxylic acids is 1. The molecule has 0 aromatic rings. The second-order valence-electron chi connectivity index (χ2n) is 5.34. The van der Waals surface area contributed by atoms with Crippen molar-refractivity contribution in [3.8, 4) is 0 Å². The van der Waals surface area contributed by atoms with Gasteiger partial charge in [0.2, 0.25) is 5.91 Å². The second-order valence-corrected chi connectivity index (χ2v) is 5.34. The standard InChI is InChI=1S/C12H21NO3/c1-5-13-9(14)8-6-7-12(4,10(15)16)11(8,2)3/h8H,5-7H2,1-4H3,(H,13,14)(H,15,16)/t8-,12-/m0/s1. The van der Waals surface area contributed by atoms with Gasteiger partial charge in [0.1, 0.15) is 0 Å². The number of aliphatic carboxylic acids is 1. The second kappa shape index (κ2) is 4.07. The molecule has 4 heteroatoms. The molecule has 0 radical (unpaired) electrons. The zero-order chi connectivity index (χ0) is 12.6. The Labute approximate surface area is 96.4 Å². The third-order valence-electron chi connectivity index (χ3n) is 4.37. The van der Waals surface area contributed by atoms with Gasteiger partial charge in [-0.1, -0.05) is 13.8 Å². The van der Waals surface area contributed by atoms with Gasteiger partial charge >= 0.3 is 5.97 Å². The van der Waals surface area contributed by atoms with Crippen LogP contribution in [0, 0.1) is 16.7 Å². The van der Waals surface area contributed by atoms with Crippen LogP contribution < -0.4 is 5.32 Å². The Morgan fingerprint density at radius 2 is 1.94 bits per heavy atom. The first kappa shape index (κ1) is 13.0. The smallest absolute Gasteiger partial charge is 0.309 e. The monoisotopic (exact) mass is 227 g/mol. The van der Waals surface area contributed by atoms with Gasteiger partial charge in [0.25, 0.3) is 0 Å². The Bertz CT molecular complexity index is 311. The van der Waals surface area contributed by atoms with Crippen LogP contribution in [0.15, 0.2) is 0 Å². The van der Waals surface area contributed by atoms with Gasteiger partial charge in [-0.05, 0) is 32.1 Å². The maximum absolute atomic E-state index is 11.9. The topological polar surface area (TPSA) is 66.4 Å². The van der Waals surface area contributed by atoms with E-state index in [1.807, 2.05) is 20.8 Å². The Morgan fingerprint density at radius 1 is 1.38 bits per heavy atom.